The highest BCUT2D eigenvalue weighted by molar-refractivity contribution is 6.09. The Morgan fingerprint density at radius 2 is 1.87 bits per heavy atom. The summed E-state index contributed by atoms with van der Waals surface area (Å²) < 4.78 is 4.25. The number of aliphatic hydroxyl groups is 1. The van der Waals surface area contributed by atoms with Crippen LogP contribution in [0, 0.1) is 17.2 Å². The number of pyridine rings is 1. The van der Waals surface area contributed by atoms with E-state index in [0.717, 1.165) is 56.3 Å². The zero-order valence-electron chi connectivity index (χ0n) is 19.6. The summed E-state index contributed by atoms with van der Waals surface area (Å²) in [6, 6.07) is 2.19. The molecule has 0 aromatic carbocycles. The van der Waals surface area contributed by atoms with E-state index in [2.05, 4.69) is 19.9 Å². The second kappa shape index (κ2) is 12.8. The zero-order valence-corrected chi connectivity index (χ0v) is 19.6. The fraction of sp³-hybridized carbons (Fsp3) is 0.708. The minimum absolute atomic E-state index is 0.0736. The Kier molecular flexibility index (Phi) is 10.4. The molecule has 0 amide bonds. The molecule has 3 N–H and O–H groups in total. The number of aliphatic hydroxyl groups excluding tert-OH is 1. The molecule has 0 atom stereocenters. The van der Waals surface area contributed by atoms with Gasteiger partial charge in [0.15, 0.2) is 6.29 Å². The van der Waals surface area contributed by atoms with Gasteiger partial charge in [-0.15, -0.1) is 0 Å². The Labute approximate surface area is 187 Å². The van der Waals surface area contributed by atoms with Crippen molar-refractivity contribution in [2.75, 3.05) is 44.1 Å². The summed E-state index contributed by atoms with van der Waals surface area (Å²) in [4.78, 5) is 18.5. The van der Waals surface area contributed by atoms with Crippen LogP contribution in [0.25, 0.3) is 0 Å². The van der Waals surface area contributed by atoms with E-state index in [1.165, 1.54) is 19.3 Å². The van der Waals surface area contributed by atoms with Gasteiger partial charge in [0.1, 0.15) is 11.5 Å². The number of carbonyl (C=O) groups excluding carboxylic acids is 1. The smallest absolute Gasteiger partial charge is 0.168 e. The largest absolute Gasteiger partial charge is 0.396 e. The summed E-state index contributed by atoms with van der Waals surface area (Å²) in [5.74, 6) is 1.11. The first-order valence-electron chi connectivity index (χ1n) is 11.6. The molecular weight excluding hydrogens is 392 g/mol. The van der Waals surface area contributed by atoms with Crippen LogP contribution >= 0.6 is 0 Å². The van der Waals surface area contributed by atoms with Crippen molar-refractivity contribution in [3.05, 3.63) is 17.3 Å². The molecule has 7 nitrogen and oxygen atoms in total. The van der Waals surface area contributed by atoms with Crippen molar-refractivity contribution in [2.24, 2.45) is 11.8 Å². The molecule has 31 heavy (non-hydrogen) atoms. The molecule has 2 fully saturated rings. The maximum absolute atomic E-state index is 11.6. The van der Waals surface area contributed by atoms with E-state index < -0.39 is 0 Å². The quantitative estimate of drug-likeness (QED) is 0.443. The maximum atomic E-state index is 11.6. The number of nitrogens with zero attached hydrogens (tertiary/aromatic N) is 2. The van der Waals surface area contributed by atoms with E-state index in [0.29, 0.717) is 29.2 Å². The molecule has 2 aliphatic rings. The third kappa shape index (κ3) is 7.01. The summed E-state index contributed by atoms with van der Waals surface area (Å²) in [6.45, 7) is 5.95. The van der Waals surface area contributed by atoms with Crippen molar-refractivity contribution in [1.29, 1.82) is 5.41 Å². The highest BCUT2D eigenvalue weighted by Gasteiger charge is 2.27. The molecule has 1 aromatic heterocycles. The SMILES string of the molecule is CC(C)C(=N)c1c(N2CCC(CO)CC2)cc(C=O)nc1NC1CCCCC1.COC. The Hall–Kier alpha value is -1.99. The maximum Gasteiger partial charge on any atom is 0.168 e. The molecule has 0 radical (unpaired) electrons. The van der Waals surface area contributed by atoms with Crippen molar-refractivity contribution < 1.29 is 14.6 Å². The molecule has 0 bridgehead atoms. The molecule has 1 saturated heterocycles. The molecule has 1 aromatic rings. The molecule has 174 valence electrons. The number of aldehydes is 1. The van der Waals surface area contributed by atoms with Crippen LogP contribution < -0.4 is 10.2 Å². The molecule has 0 spiro atoms. The fourth-order valence-corrected chi connectivity index (χ4v) is 4.32. The normalized spacial score (nSPS) is 17.8. The van der Waals surface area contributed by atoms with Crippen molar-refractivity contribution in [3.8, 4) is 0 Å². The van der Waals surface area contributed by atoms with Gasteiger partial charge in [0, 0.05) is 45.7 Å². The lowest BCUT2D eigenvalue weighted by molar-refractivity contribution is 0.111. The van der Waals surface area contributed by atoms with Crippen LogP contribution in [0.15, 0.2) is 6.07 Å². The van der Waals surface area contributed by atoms with Gasteiger partial charge in [0.2, 0.25) is 0 Å². The van der Waals surface area contributed by atoms with Crippen LogP contribution in [0.2, 0.25) is 0 Å². The van der Waals surface area contributed by atoms with E-state index in [9.17, 15) is 9.90 Å². The van der Waals surface area contributed by atoms with Crippen molar-refractivity contribution >= 4 is 23.5 Å². The lowest BCUT2D eigenvalue weighted by atomic mass is 9.93. The molecule has 1 aliphatic carbocycles. The second-order valence-electron chi connectivity index (χ2n) is 8.98. The second-order valence-corrected chi connectivity index (χ2v) is 8.98. The van der Waals surface area contributed by atoms with Crippen molar-refractivity contribution in [3.63, 3.8) is 0 Å². The van der Waals surface area contributed by atoms with Gasteiger partial charge in [0.25, 0.3) is 0 Å². The number of ether oxygens (including phenoxy) is 1. The van der Waals surface area contributed by atoms with Crippen LogP contribution in [0.3, 0.4) is 0 Å². The number of hydrogen-bond donors (Lipinski definition) is 3. The van der Waals surface area contributed by atoms with E-state index in [-0.39, 0.29) is 12.5 Å². The Morgan fingerprint density at radius 1 is 1.26 bits per heavy atom. The van der Waals surface area contributed by atoms with Crippen LogP contribution in [-0.4, -0.2) is 62.0 Å². The van der Waals surface area contributed by atoms with Gasteiger partial charge in [-0.1, -0.05) is 33.1 Å². The predicted octanol–water partition coefficient (Wildman–Crippen LogP) is 4.13. The molecular formula is C24H40N4O3. The predicted molar refractivity (Wildman–Crippen MR) is 127 cm³/mol. The van der Waals surface area contributed by atoms with Crippen LogP contribution in [-0.2, 0) is 4.74 Å². The Morgan fingerprint density at radius 3 is 2.39 bits per heavy atom. The molecule has 1 aliphatic heterocycles. The molecule has 1 saturated carbocycles. The number of hydrogen-bond acceptors (Lipinski definition) is 7. The zero-order chi connectivity index (χ0) is 22.8. The van der Waals surface area contributed by atoms with E-state index >= 15 is 0 Å². The summed E-state index contributed by atoms with van der Waals surface area (Å²) in [5, 5.41) is 21.8. The number of methoxy groups -OCH3 is 1. The molecule has 2 heterocycles. The molecule has 3 rings (SSSR count). The Balaban J connectivity index is 0.00000107. The van der Waals surface area contributed by atoms with Gasteiger partial charge < -0.3 is 25.5 Å². The fourth-order valence-electron chi connectivity index (χ4n) is 4.32. The minimum Gasteiger partial charge on any atom is -0.396 e. The van der Waals surface area contributed by atoms with Crippen molar-refractivity contribution in [2.45, 2.75) is 64.8 Å². The lowest BCUT2D eigenvalue weighted by Gasteiger charge is -2.35. The molecule has 7 heteroatoms. The third-order valence-corrected chi connectivity index (χ3v) is 6.15. The third-order valence-electron chi connectivity index (χ3n) is 6.15. The highest BCUT2D eigenvalue weighted by atomic mass is 16.4. The number of nitrogens with one attached hydrogen (secondary N) is 2. The number of rotatable bonds is 7. The first-order chi connectivity index (χ1) is 14.9. The van der Waals surface area contributed by atoms with Gasteiger partial charge in [-0.3, -0.25) is 4.79 Å². The summed E-state index contributed by atoms with van der Waals surface area (Å²) in [7, 11) is 3.25. The molecule has 0 unspecified atom stereocenters. The van der Waals surface area contributed by atoms with E-state index in [1.807, 2.05) is 19.9 Å². The number of piperidine rings is 1. The monoisotopic (exact) mass is 432 g/mol. The van der Waals surface area contributed by atoms with Gasteiger partial charge in [-0.05, 0) is 43.6 Å². The minimum atomic E-state index is 0.0736. The summed E-state index contributed by atoms with van der Waals surface area (Å²) in [6.07, 6.45) is 8.58. The van der Waals surface area contributed by atoms with Gasteiger partial charge in [-0.2, -0.15) is 0 Å². The topological polar surface area (TPSA) is 98.5 Å². The highest BCUT2D eigenvalue weighted by Crippen LogP contribution is 2.34. The first kappa shape index (κ1) is 25.3. The van der Waals surface area contributed by atoms with Crippen LogP contribution in [0.5, 0.6) is 0 Å². The standard InChI is InChI=1S/C22H34N4O2.C2H6O/c1-15(2)21(23)20-19(26-10-8-16(13-27)9-11-26)12-18(14-28)25-22(20)24-17-6-4-3-5-7-17;1-3-2/h12,14-17,23,27H,3-11,13H2,1-2H3,(H,24,25);1-2H3. The first-order valence-corrected chi connectivity index (χ1v) is 11.6. The van der Waals surface area contributed by atoms with Gasteiger partial charge >= 0.3 is 0 Å². The van der Waals surface area contributed by atoms with Crippen LogP contribution in [0.4, 0.5) is 11.5 Å². The van der Waals surface area contributed by atoms with E-state index in [1.54, 1.807) is 14.2 Å². The van der Waals surface area contributed by atoms with Crippen LogP contribution in [0.1, 0.15) is 74.8 Å². The number of anilines is 2. The number of carbonyl (C=O) groups is 1. The lowest BCUT2D eigenvalue weighted by Crippen LogP contribution is -2.36. The van der Waals surface area contributed by atoms with Gasteiger partial charge in [-0.25, -0.2) is 4.98 Å². The van der Waals surface area contributed by atoms with Crippen molar-refractivity contribution in [1.82, 2.24) is 4.98 Å². The summed E-state index contributed by atoms with van der Waals surface area (Å²) >= 11 is 0. The average molecular weight is 433 g/mol. The van der Waals surface area contributed by atoms with E-state index in [4.69, 9.17) is 5.41 Å². The number of aromatic nitrogens is 1. The van der Waals surface area contributed by atoms with Gasteiger partial charge in [0.05, 0.1) is 11.3 Å². The summed E-state index contributed by atoms with van der Waals surface area (Å²) in [5.41, 5.74) is 2.75. The Bertz CT molecular complexity index is 709. The average Bonchev–Trinajstić information content (AvgIpc) is 2.79.